The van der Waals surface area contributed by atoms with E-state index in [0.29, 0.717) is 0 Å². The molecule has 0 saturated carbocycles. The van der Waals surface area contributed by atoms with E-state index in [0.717, 1.165) is 67.7 Å². The van der Waals surface area contributed by atoms with Crippen LogP contribution in [-0.4, -0.2) is 59.5 Å². The summed E-state index contributed by atoms with van der Waals surface area (Å²) in [7, 11) is 6.60. The Kier molecular flexibility index (Phi) is 9.87. The number of nitrogens with one attached hydrogen (secondary N) is 1. The zero-order valence-corrected chi connectivity index (χ0v) is 18.6. The Hall–Kier alpha value is -2.86. The molecule has 0 saturated heterocycles. The molecule has 0 heterocycles. The fraction of sp³-hybridized carbons (Fsp3) is 0.417. The summed E-state index contributed by atoms with van der Waals surface area (Å²) in [6.45, 7) is 7.58. The standard InChI is InChI=1S/C24H34N2O4/c1-6-14-26(16-12-19-8-10-21(27-2)23(17-19)29-4)15-7-13-25-20-9-11-22(28-3)24(18-20)30-5/h6,8-11,17-18,25H,1,7,12-16H2,2-5H3. The number of hydrogen-bond acceptors (Lipinski definition) is 6. The van der Waals surface area contributed by atoms with Crippen molar-refractivity contribution in [2.75, 3.05) is 59.9 Å². The van der Waals surface area contributed by atoms with Crippen LogP contribution in [0.25, 0.3) is 0 Å². The average Bonchev–Trinajstić information content (AvgIpc) is 2.79. The molecule has 0 aromatic heterocycles. The van der Waals surface area contributed by atoms with Crippen molar-refractivity contribution in [1.82, 2.24) is 4.90 Å². The van der Waals surface area contributed by atoms with Gasteiger partial charge in [-0.1, -0.05) is 12.1 Å². The number of hydrogen-bond donors (Lipinski definition) is 1. The van der Waals surface area contributed by atoms with Crippen molar-refractivity contribution in [3.8, 4) is 23.0 Å². The van der Waals surface area contributed by atoms with Gasteiger partial charge in [-0.2, -0.15) is 0 Å². The topological polar surface area (TPSA) is 52.2 Å². The molecule has 0 aliphatic rings. The van der Waals surface area contributed by atoms with Gasteiger partial charge in [0.15, 0.2) is 23.0 Å². The summed E-state index contributed by atoms with van der Waals surface area (Å²) >= 11 is 0. The molecule has 0 bridgehead atoms. The molecule has 2 aromatic carbocycles. The van der Waals surface area contributed by atoms with Crippen LogP contribution in [0.1, 0.15) is 12.0 Å². The van der Waals surface area contributed by atoms with Gasteiger partial charge in [0, 0.05) is 37.9 Å². The van der Waals surface area contributed by atoms with E-state index in [1.165, 1.54) is 5.56 Å². The molecule has 30 heavy (non-hydrogen) atoms. The van der Waals surface area contributed by atoms with E-state index < -0.39 is 0 Å². The molecule has 0 radical (unpaired) electrons. The highest BCUT2D eigenvalue weighted by atomic mass is 16.5. The third-order valence-corrected chi connectivity index (χ3v) is 4.92. The second kappa shape index (κ2) is 12.6. The van der Waals surface area contributed by atoms with Crippen molar-refractivity contribution < 1.29 is 18.9 Å². The number of methoxy groups -OCH3 is 4. The first-order valence-corrected chi connectivity index (χ1v) is 10.1. The predicted molar refractivity (Wildman–Crippen MR) is 123 cm³/mol. The first kappa shape index (κ1) is 23.4. The highest BCUT2D eigenvalue weighted by Gasteiger charge is 2.08. The zero-order valence-electron chi connectivity index (χ0n) is 18.6. The Labute approximate surface area is 180 Å². The number of rotatable bonds is 14. The lowest BCUT2D eigenvalue weighted by Crippen LogP contribution is -2.28. The molecule has 0 aliphatic heterocycles. The maximum Gasteiger partial charge on any atom is 0.162 e. The van der Waals surface area contributed by atoms with Crippen LogP contribution < -0.4 is 24.3 Å². The summed E-state index contributed by atoms with van der Waals surface area (Å²) in [6.07, 6.45) is 3.92. The van der Waals surface area contributed by atoms with Gasteiger partial charge in [-0.05, 0) is 42.7 Å². The summed E-state index contributed by atoms with van der Waals surface area (Å²) in [5.74, 6) is 2.98. The van der Waals surface area contributed by atoms with Crippen LogP contribution in [0.15, 0.2) is 49.1 Å². The van der Waals surface area contributed by atoms with E-state index in [2.05, 4.69) is 22.9 Å². The van der Waals surface area contributed by atoms with Gasteiger partial charge in [0.2, 0.25) is 0 Å². The number of anilines is 1. The number of nitrogens with zero attached hydrogens (tertiary/aromatic N) is 1. The lowest BCUT2D eigenvalue weighted by atomic mass is 10.1. The van der Waals surface area contributed by atoms with E-state index in [-0.39, 0.29) is 0 Å². The minimum atomic E-state index is 0.728. The van der Waals surface area contributed by atoms with Crippen molar-refractivity contribution in [1.29, 1.82) is 0 Å². The van der Waals surface area contributed by atoms with Gasteiger partial charge in [0.1, 0.15) is 0 Å². The normalized spacial score (nSPS) is 10.6. The van der Waals surface area contributed by atoms with Crippen molar-refractivity contribution >= 4 is 5.69 Å². The molecule has 0 fully saturated rings. The molecule has 0 unspecified atom stereocenters. The number of benzene rings is 2. The molecule has 2 aromatic rings. The van der Waals surface area contributed by atoms with Gasteiger partial charge in [-0.15, -0.1) is 6.58 Å². The van der Waals surface area contributed by atoms with Gasteiger partial charge in [0.25, 0.3) is 0 Å². The Balaban J connectivity index is 1.82. The van der Waals surface area contributed by atoms with Crippen LogP contribution in [0.3, 0.4) is 0 Å². The first-order valence-electron chi connectivity index (χ1n) is 10.1. The van der Waals surface area contributed by atoms with Gasteiger partial charge >= 0.3 is 0 Å². The molecule has 0 amide bonds. The molecular weight excluding hydrogens is 380 g/mol. The van der Waals surface area contributed by atoms with E-state index >= 15 is 0 Å². The van der Waals surface area contributed by atoms with Crippen LogP contribution in [0.4, 0.5) is 5.69 Å². The second-order valence-corrected chi connectivity index (χ2v) is 6.88. The van der Waals surface area contributed by atoms with Gasteiger partial charge < -0.3 is 24.3 Å². The quantitative estimate of drug-likeness (QED) is 0.368. The van der Waals surface area contributed by atoms with E-state index in [1.807, 2.05) is 36.4 Å². The second-order valence-electron chi connectivity index (χ2n) is 6.88. The first-order chi connectivity index (χ1) is 14.6. The highest BCUT2D eigenvalue weighted by Crippen LogP contribution is 2.30. The van der Waals surface area contributed by atoms with Crippen LogP contribution in [-0.2, 0) is 6.42 Å². The summed E-state index contributed by atoms with van der Waals surface area (Å²) < 4.78 is 21.4. The Bertz CT molecular complexity index is 795. The maximum absolute atomic E-state index is 5.40. The summed E-state index contributed by atoms with van der Waals surface area (Å²) in [5, 5.41) is 3.45. The zero-order chi connectivity index (χ0) is 21.8. The molecule has 1 N–H and O–H groups in total. The lowest BCUT2D eigenvalue weighted by Gasteiger charge is -2.21. The van der Waals surface area contributed by atoms with E-state index in [9.17, 15) is 0 Å². The van der Waals surface area contributed by atoms with Gasteiger partial charge in [-0.3, -0.25) is 4.90 Å². The molecule has 0 spiro atoms. The molecule has 0 atom stereocenters. The molecule has 6 nitrogen and oxygen atoms in total. The SMILES string of the molecule is C=CCN(CCCNc1ccc(OC)c(OC)c1)CCc1ccc(OC)c(OC)c1. The van der Waals surface area contributed by atoms with Crippen molar-refractivity contribution in [2.45, 2.75) is 12.8 Å². The Morgan fingerprint density at radius 2 is 1.47 bits per heavy atom. The van der Waals surface area contributed by atoms with Crippen LogP contribution in [0.2, 0.25) is 0 Å². The fourth-order valence-corrected chi connectivity index (χ4v) is 3.28. The van der Waals surface area contributed by atoms with Crippen LogP contribution in [0.5, 0.6) is 23.0 Å². The van der Waals surface area contributed by atoms with Crippen molar-refractivity contribution in [2.24, 2.45) is 0 Å². The Morgan fingerprint density at radius 1 is 0.833 bits per heavy atom. The molecular formula is C24H34N2O4. The number of ether oxygens (including phenoxy) is 4. The fourth-order valence-electron chi connectivity index (χ4n) is 3.28. The van der Waals surface area contributed by atoms with Gasteiger partial charge in [-0.25, -0.2) is 0 Å². The van der Waals surface area contributed by atoms with Crippen molar-refractivity contribution in [3.63, 3.8) is 0 Å². The van der Waals surface area contributed by atoms with E-state index in [1.54, 1.807) is 28.4 Å². The molecule has 164 valence electrons. The summed E-state index contributed by atoms with van der Waals surface area (Å²) in [4.78, 5) is 2.40. The monoisotopic (exact) mass is 414 g/mol. The third-order valence-electron chi connectivity index (χ3n) is 4.92. The van der Waals surface area contributed by atoms with Crippen LogP contribution >= 0.6 is 0 Å². The molecule has 0 aliphatic carbocycles. The summed E-state index contributed by atoms with van der Waals surface area (Å²) in [6, 6.07) is 12.0. The maximum atomic E-state index is 5.40. The highest BCUT2D eigenvalue weighted by molar-refractivity contribution is 5.54. The third kappa shape index (κ3) is 6.88. The van der Waals surface area contributed by atoms with Crippen molar-refractivity contribution in [3.05, 3.63) is 54.6 Å². The molecule has 2 rings (SSSR count). The smallest absolute Gasteiger partial charge is 0.162 e. The van der Waals surface area contributed by atoms with Gasteiger partial charge in [0.05, 0.1) is 28.4 Å². The minimum absolute atomic E-state index is 0.728. The largest absolute Gasteiger partial charge is 0.493 e. The van der Waals surface area contributed by atoms with Crippen LogP contribution in [0, 0.1) is 0 Å². The predicted octanol–water partition coefficient (Wildman–Crippen LogP) is 4.25. The van der Waals surface area contributed by atoms with E-state index in [4.69, 9.17) is 18.9 Å². The minimum Gasteiger partial charge on any atom is -0.493 e. The lowest BCUT2D eigenvalue weighted by molar-refractivity contribution is 0.305. The average molecular weight is 415 g/mol. The Morgan fingerprint density at radius 3 is 2.10 bits per heavy atom. The summed E-state index contributed by atoms with van der Waals surface area (Å²) in [5.41, 5.74) is 2.25. The molecule has 6 heteroatoms.